The van der Waals surface area contributed by atoms with E-state index in [0.29, 0.717) is 18.8 Å². The normalized spacial score (nSPS) is 11.1. The molecule has 6 heteroatoms. The predicted octanol–water partition coefficient (Wildman–Crippen LogP) is 4.79. The maximum Gasteiger partial charge on any atom is 0.244 e. The number of aryl methyl sites for hydroxylation is 2. The monoisotopic (exact) mass is 494 g/mol. The fourth-order valence-corrected chi connectivity index (χ4v) is 3.46. The van der Waals surface area contributed by atoms with Crippen LogP contribution in [-0.2, 0) is 11.2 Å². The van der Waals surface area contributed by atoms with Gasteiger partial charge in [0.05, 0.1) is 28.9 Å². The third-order valence-corrected chi connectivity index (χ3v) is 4.74. The SMILES string of the molecule is CCOc1cc(/C=N/NC(=O)Cc2ccc(C)cc2C)cc(I)c1OC(C)C. The molecule has 2 rings (SSSR count). The fraction of sp³-hybridized carbons (Fsp3) is 0.364. The highest BCUT2D eigenvalue weighted by molar-refractivity contribution is 14.1. The lowest BCUT2D eigenvalue weighted by atomic mass is 10.0. The van der Waals surface area contributed by atoms with Crippen LogP contribution in [0.5, 0.6) is 11.5 Å². The molecule has 0 aromatic heterocycles. The second-order valence-corrected chi connectivity index (χ2v) is 7.99. The predicted molar refractivity (Wildman–Crippen MR) is 121 cm³/mol. The van der Waals surface area contributed by atoms with E-state index >= 15 is 0 Å². The summed E-state index contributed by atoms with van der Waals surface area (Å²) in [5.74, 6) is 1.25. The van der Waals surface area contributed by atoms with E-state index in [2.05, 4.69) is 39.2 Å². The van der Waals surface area contributed by atoms with Crippen LogP contribution in [0, 0.1) is 17.4 Å². The van der Waals surface area contributed by atoms with Gasteiger partial charge in [-0.05, 0) is 86.0 Å². The minimum atomic E-state index is -0.150. The number of benzene rings is 2. The van der Waals surface area contributed by atoms with Crippen molar-refractivity contribution in [2.75, 3.05) is 6.61 Å². The van der Waals surface area contributed by atoms with Crippen LogP contribution in [0.1, 0.15) is 43.0 Å². The van der Waals surface area contributed by atoms with Crippen LogP contribution in [-0.4, -0.2) is 24.8 Å². The second-order valence-electron chi connectivity index (χ2n) is 6.83. The van der Waals surface area contributed by atoms with Crippen molar-refractivity contribution in [2.45, 2.75) is 47.1 Å². The number of carbonyl (C=O) groups excluding carboxylic acids is 1. The van der Waals surface area contributed by atoms with Crippen LogP contribution >= 0.6 is 22.6 Å². The average molecular weight is 494 g/mol. The van der Waals surface area contributed by atoms with Crippen molar-refractivity contribution in [2.24, 2.45) is 5.10 Å². The molecule has 150 valence electrons. The van der Waals surface area contributed by atoms with E-state index < -0.39 is 0 Å². The Morgan fingerprint density at radius 3 is 2.64 bits per heavy atom. The first-order valence-corrected chi connectivity index (χ1v) is 10.4. The number of halogens is 1. The second kappa shape index (κ2) is 10.5. The lowest BCUT2D eigenvalue weighted by Gasteiger charge is -2.16. The molecule has 2 aromatic carbocycles. The van der Waals surface area contributed by atoms with Gasteiger partial charge in [-0.1, -0.05) is 23.8 Å². The summed E-state index contributed by atoms with van der Waals surface area (Å²) in [4.78, 5) is 12.2. The number of hydrogen-bond acceptors (Lipinski definition) is 4. The number of nitrogens with zero attached hydrogens (tertiary/aromatic N) is 1. The molecule has 0 saturated heterocycles. The molecule has 0 bridgehead atoms. The Hall–Kier alpha value is -2.09. The highest BCUT2D eigenvalue weighted by Crippen LogP contribution is 2.34. The van der Waals surface area contributed by atoms with E-state index in [-0.39, 0.29) is 12.0 Å². The van der Waals surface area contributed by atoms with E-state index in [1.165, 1.54) is 5.56 Å². The summed E-state index contributed by atoms with van der Waals surface area (Å²) in [5.41, 5.74) is 6.72. The van der Waals surface area contributed by atoms with Crippen molar-refractivity contribution in [1.82, 2.24) is 5.43 Å². The number of carbonyl (C=O) groups is 1. The van der Waals surface area contributed by atoms with E-state index in [0.717, 1.165) is 26.0 Å². The van der Waals surface area contributed by atoms with E-state index in [4.69, 9.17) is 9.47 Å². The van der Waals surface area contributed by atoms with Gasteiger partial charge in [-0.2, -0.15) is 5.10 Å². The molecule has 0 heterocycles. The fourth-order valence-electron chi connectivity index (χ4n) is 2.71. The van der Waals surface area contributed by atoms with Crippen molar-refractivity contribution in [3.05, 3.63) is 56.2 Å². The zero-order valence-electron chi connectivity index (χ0n) is 17.0. The molecule has 2 aromatic rings. The van der Waals surface area contributed by atoms with Crippen molar-refractivity contribution in [3.63, 3.8) is 0 Å². The van der Waals surface area contributed by atoms with Crippen LogP contribution in [0.4, 0.5) is 0 Å². The summed E-state index contributed by atoms with van der Waals surface area (Å²) in [6, 6.07) is 9.88. The van der Waals surface area contributed by atoms with Gasteiger partial charge in [0.2, 0.25) is 5.91 Å². The van der Waals surface area contributed by atoms with Crippen molar-refractivity contribution >= 4 is 34.7 Å². The molecular weight excluding hydrogens is 467 g/mol. The molecular formula is C22H27IN2O3. The van der Waals surface area contributed by atoms with Gasteiger partial charge in [0.25, 0.3) is 0 Å². The first kappa shape index (κ1) is 22.2. The largest absolute Gasteiger partial charge is 0.490 e. The summed E-state index contributed by atoms with van der Waals surface area (Å²) in [7, 11) is 0. The van der Waals surface area contributed by atoms with Gasteiger partial charge in [-0.25, -0.2) is 5.43 Å². The van der Waals surface area contributed by atoms with Crippen LogP contribution < -0.4 is 14.9 Å². The lowest BCUT2D eigenvalue weighted by molar-refractivity contribution is -0.120. The Morgan fingerprint density at radius 2 is 2.00 bits per heavy atom. The minimum Gasteiger partial charge on any atom is -0.490 e. The maximum atomic E-state index is 12.2. The maximum absolute atomic E-state index is 12.2. The molecule has 0 fully saturated rings. The molecule has 0 aliphatic carbocycles. The molecule has 0 atom stereocenters. The van der Waals surface area contributed by atoms with Gasteiger partial charge >= 0.3 is 0 Å². The van der Waals surface area contributed by atoms with Crippen molar-refractivity contribution < 1.29 is 14.3 Å². The van der Waals surface area contributed by atoms with E-state index in [1.54, 1.807) is 6.21 Å². The Morgan fingerprint density at radius 1 is 1.25 bits per heavy atom. The Kier molecular flexibility index (Phi) is 8.29. The third kappa shape index (κ3) is 6.51. The molecule has 1 amide bonds. The molecule has 5 nitrogen and oxygen atoms in total. The Labute approximate surface area is 180 Å². The van der Waals surface area contributed by atoms with E-state index in [1.807, 2.05) is 58.9 Å². The highest BCUT2D eigenvalue weighted by atomic mass is 127. The van der Waals surface area contributed by atoms with Gasteiger partial charge < -0.3 is 9.47 Å². The summed E-state index contributed by atoms with van der Waals surface area (Å²) in [6.07, 6.45) is 1.97. The van der Waals surface area contributed by atoms with Crippen LogP contribution in [0.2, 0.25) is 0 Å². The molecule has 1 N–H and O–H groups in total. The molecule has 0 saturated carbocycles. The lowest BCUT2D eigenvalue weighted by Crippen LogP contribution is -2.20. The zero-order chi connectivity index (χ0) is 20.7. The van der Waals surface area contributed by atoms with Gasteiger partial charge in [0.15, 0.2) is 11.5 Å². The molecule has 0 radical (unpaired) electrons. The number of hydrazone groups is 1. The Balaban J connectivity index is 2.07. The van der Waals surface area contributed by atoms with Gasteiger partial charge in [-0.3, -0.25) is 4.79 Å². The summed E-state index contributed by atoms with van der Waals surface area (Å²) in [6.45, 7) is 10.5. The first-order chi connectivity index (χ1) is 13.3. The quantitative estimate of drug-likeness (QED) is 0.326. The topological polar surface area (TPSA) is 59.9 Å². The molecule has 0 aliphatic rings. The smallest absolute Gasteiger partial charge is 0.244 e. The zero-order valence-corrected chi connectivity index (χ0v) is 19.2. The molecule has 0 spiro atoms. The van der Waals surface area contributed by atoms with Crippen molar-refractivity contribution in [3.8, 4) is 11.5 Å². The van der Waals surface area contributed by atoms with E-state index in [9.17, 15) is 4.79 Å². The number of amides is 1. The number of nitrogens with one attached hydrogen (secondary N) is 1. The standard InChI is InChI=1S/C22H27IN2O3/c1-6-27-20-11-17(10-19(23)22(20)28-14(2)3)13-24-25-21(26)12-18-8-7-15(4)9-16(18)5/h7-11,13-14H,6,12H2,1-5H3,(H,25,26)/b24-13+. The third-order valence-electron chi connectivity index (χ3n) is 3.94. The van der Waals surface area contributed by atoms with Crippen molar-refractivity contribution in [1.29, 1.82) is 0 Å². The molecule has 0 unspecified atom stereocenters. The van der Waals surface area contributed by atoms with Crippen LogP contribution in [0.15, 0.2) is 35.4 Å². The summed E-state index contributed by atoms with van der Waals surface area (Å²) in [5, 5.41) is 4.09. The highest BCUT2D eigenvalue weighted by Gasteiger charge is 2.13. The number of rotatable bonds is 8. The van der Waals surface area contributed by atoms with Gasteiger partial charge in [0, 0.05) is 0 Å². The van der Waals surface area contributed by atoms with Crippen LogP contribution in [0.3, 0.4) is 0 Å². The first-order valence-electron chi connectivity index (χ1n) is 9.31. The number of hydrogen-bond donors (Lipinski definition) is 1. The number of ether oxygens (including phenoxy) is 2. The Bertz CT molecular complexity index is 863. The van der Waals surface area contributed by atoms with Gasteiger partial charge in [-0.15, -0.1) is 0 Å². The summed E-state index contributed by atoms with van der Waals surface area (Å²) >= 11 is 2.22. The average Bonchev–Trinajstić information content (AvgIpc) is 2.60. The minimum absolute atomic E-state index is 0.0526. The summed E-state index contributed by atoms with van der Waals surface area (Å²) < 4.78 is 12.5. The molecule has 28 heavy (non-hydrogen) atoms. The molecule has 0 aliphatic heterocycles. The van der Waals surface area contributed by atoms with Gasteiger partial charge in [0.1, 0.15) is 0 Å². The van der Waals surface area contributed by atoms with Crippen LogP contribution in [0.25, 0.3) is 0 Å².